The summed E-state index contributed by atoms with van der Waals surface area (Å²) in [7, 11) is 2.07. The van der Waals surface area contributed by atoms with Gasteiger partial charge in [-0.2, -0.15) is 0 Å². The summed E-state index contributed by atoms with van der Waals surface area (Å²) in [6.45, 7) is 5.38. The highest BCUT2D eigenvalue weighted by atomic mass is 16.5. The number of ether oxygens (including phenoxy) is 1. The molecule has 2 N–H and O–H groups in total. The first-order valence-corrected chi connectivity index (χ1v) is 7.50. The number of aliphatic hydroxyl groups is 1. The van der Waals surface area contributed by atoms with Crippen LogP contribution in [0.15, 0.2) is 24.3 Å². The van der Waals surface area contributed by atoms with Gasteiger partial charge in [-0.05, 0) is 63.5 Å². The van der Waals surface area contributed by atoms with Crippen molar-refractivity contribution < 1.29 is 9.84 Å². The van der Waals surface area contributed by atoms with Crippen LogP contribution in [-0.4, -0.2) is 44.0 Å². The minimum atomic E-state index is -0.495. The monoisotopic (exact) mass is 278 g/mol. The lowest BCUT2D eigenvalue weighted by atomic mass is 9.89. The first-order valence-electron chi connectivity index (χ1n) is 7.50. The highest BCUT2D eigenvalue weighted by Gasteiger charge is 2.28. The fourth-order valence-electron chi connectivity index (χ4n) is 2.61. The molecule has 4 heteroatoms. The molecule has 1 saturated heterocycles. The summed E-state index contributed by atoms with van der Waals surface area (Å²) >= 11 is 0. The molecule has 0 aliphatic carbocycles. The van der Waals surface area contributed by atoms with Crippen molar-refractivity contribution in [3.63, 3.8) is 0 Å². The molecule has 1 aromatic rings. The molecule has 0 aromatic heterocycles. The number of nitrogens with zero attached hydrogens (tertiary/aromatic N) is 1. The molecule has 4 nitrogen and oxygen atoms in total. The number of hydrogen-bond acceptors (Lipinski definition) is 4. The van der Waals surface area contributed by atoms with E-state index in [1.807, 2.05) is 19.1 Å². The van der Waals surface area contributed by atoms with E-state index in [-0.39, 0.29) is 0 Å². The molecule has 1 aliphatic rings. The van der Waals surface area contributed by atoms with Crippen molar-refractivity contribution in [3.8, 4) is 5.75 Å². The van der Waals surface area contributed by atoms with E-state index in [9.17, 15) is 5.11 Å². The van der Waals surface area contributed by atoms with Crippen molar-refractivity contribution in [2.75, 3.05) is 38.2 Å². The smallest absolute Gasteiger partial charge is 0.119 e. The van der Waals surface area contributed by atoms with Crippen molar-refractivity contribution in [1.29, 1.82) is 0 Å². The summed E-state index contributed by atoms with van der Waals surface area (Å²) in [4.78, 5) is 2.19. The van der Waals surface area contributed by atoms with Gasteiger partial charge < -0.3 is 20.1 Å². The molecule has 1 fully saturated rings. The van der Waals surface area contributed by atoms with Gasteiger partial charge in [0, 0.05) is 19.3 Å². The highest BCUT2D eigenvalue weighted by Crippen LogP contribution is 2.24. The van der Waals surface area contributed by atoms with Gasteiger partial charge in [-0.25, -0.2) is 0 Å². The third kappa shape index (κ3) is 4.12. The Balaban J connectivity index is 1.86. The molecule has 0 bridgehead atoms. The predicted molar refractivity (Wildman–Crippen MR) is 82.6 cm³/mol. The standard InChI is InChI=1S/C16H26N2O2/c1-3-20-15-6-4-14(5-7-15)18(2)13-10-16(19)8-11-17-12-9-16/h4-7,17,19H,3,8-13H2,1-2H3. The van der Waals surface area contributed by atoms with Crippen LogP contribution in [0.5, 0.6) is 5.75 Å². The molecule has 1 heterocycles. The Morgan fingerprint density at radius 3 is 2.50 bits per heavy atom. The van der Waals surface area contributed by atoms with Gasteiger partial charge in [0.15, 0.2) is 0 Å². The van der Waals surface area contributed by atoms with Crippen LogP contribution in [0.1, 0.15) is 26.2 Å². The molecule has 1 aromatic carbocycles. The summed E-state index contributed by atoms with van der Waals surface area (Å²) in [5.74, 6) is 0.904. The summed E-state index contributed by atoms with van der Waals surface area (Å²) in [5, 5.41) is 13.8. The van der Waals surface area contributed by atoms with Crippen molar-refractivity contribution in [2.45, 2.75) is 31.8 Å². The molecule has 0 amide bonds. The minimum Gasteiger partial charge on any atom is -0.494 e. The van der Waals surface area contributed by atoms with Gasteiger partial charge >= 0.3 is 0 Å². The maximum Gasteiger partial charge on any atom is 0.119 e. The Morgan fingerprint density at radius 2 is 1.90 bits per heavy atom. The molecule has 0 radical (unpaired) electrons. The van der Waals surface area contributed by atoms with E-state index in [0.29, 0.717) is 6.61 Å². The summed E-state index contributed by atoms with van der Waals surface area (Å²) < 4.78 is 5.45. The third-order valence-electron chi connectivity index (χ3n) is 4.04. The molecule has 0 atom stereocenters. The maximum absolute atomic E-state index is 10.5. The van der Waals surface area contributed by atoms with E-state index < -0.39 is 5.60 Å². The molecule has 1 aliphatic heterocycles. The van der Waals surface area contributed by atoms with Crippen molar-refractivity contribution >= 4 is 5.69 Å². The summed E-state index contributed by atoms with van der Waals surface area (Å²) in [6, 6.07) is 8.12. The van der Waals surface area contributed by atoms with Crippen LogP contribution in [0.4, 0.5) is 5.69 Å². The Morgan fingerprint density at radius 1 is 1.25 bits per heavy atom. The van der Waals surface area contributed by atoms with E-state index in [2.05, 4.69) is 29.4 Å². The molecule has 2 rings (SSSR count). The van der Waals surface area contributed by atoms with E-state index in [0.717, 1.165) is 50.3 Å². The van der Waals surface area contributed by atoms with Crippen molar-refractivity contribution in [2.24, 2.45) is 0 Å². The molecular weight excluding hydrogens is 252 g/mol. The Labute approximate surface area is 121 Å². The first kappa shape index (κ1) is 15.1. The second kappa shape index (κ2) is 6.95. The van der Waals surface area contributed by atoms with Crippen LogP contribution in [0, 0.1) is 0 Å². The van der Waals surface area contributed by atoms with Crippen molar-refractivity contribution in [3.05, 3.63) is 24.3 Å². The lowest BCUT2D eigenvalue weighted by Crippen LogP contribution is -2.43. The zero-order valence-corrected chi connectivity index (χ0v) is 12.6. The molecular formula is C16H26N2O2. The predicted octanol–water partition coefficient (Wildman–Crippen LogP) is 2.03. The van der Waals surface area contributed by atoms with E-state index in [4.69, 9.17) is 4.74 Å². The maximum atomic E-state index is 10.5. The van der Waals surface area contributed by atoms with Gasteiger partial charge in [-0.3, -0.25) is 0 Å². The fraction of sp³-hybridized carbons (Fsp3) is 0.625. The van der Waals surface area contributed by atoms with Crippen molar-refractivity contribution in [1.82, 2.24) is 5.32 Å². The lowest BCUT2D eigenvalue weighted by molar-refractivity contribution is 0.00460. The number of benzene rings is 1. The van der Waals surface area contributed by atoms with Gasteiger partial charge in [-0.15, -0.1) is 0 Å². The van der Waals surface area contributed by atoms with Gasteiger partial charge in [0.1, 0.15) is 5.75 Å². The average Bonchev–Trinajstić information content (AvgIpc) is 2.47. The second-order valence-corrected chi connectivity index (χ2v) is 5.57. The van der Waals surface area contributed by atoms with Crippen LogP contribution in [0.2, 0.25) is 0 Å². The largest absolute Gasteiger partial charge is 0.494 e. The third-order valence-corrected chi connectivity index (χ3v) is 4.04. The zero-order valence-electron chi connectivity index (χ0n) is 12.6. The normalized spacial score (nSPS) is 17.8. The molecule has 20 heavy (non-hydrogen) atoms. The zero-order chi connectivity index (χ0) is 14.4. The van der Waals surface area contributed by atoms with E-state index >= 15 is 0 Å². The summed E-state index contributed by atoms with van der Waals surface area (Å²) in [5.41, 5.74) is 0.663. The summed E-state index contributed by atoms with van der Waals surface area (Å²) in [6.07, 6.45) is 2.52. The number of piperidine rings is 1. The quantitative estimate of drug-likeness (QED) is 0.836. The van der Waals surface area contributed by atoms with Gasteiger partial charge in [0.25, 0.3) is 0 Å². The number of nitrogens with one attached hydrogen (secondary N) is 1. The molecule has 0 spiro atoms. The van der Waals surface area contributed by atoms with Crippen LogP contribution >= 0.6 is 0 Å². The highest BCUT2D eigenvalue weighted by molar-refractivity contribution is 5.48. The average molecular weight is 278 g/mol. The van der Waals surface area contributed by atoms with E-state index in [1.54, 1.807) is 0 Å². The Kier molecular flexibility index (Phi) is 5.26. The topological polar surface area (TPSA) is 44.7 Å². The first-order chi connectivity index (χ1) is 9.63. The lowest BCUT2D eigenvalue weighted by Gasteiger charge is -2.34. The molecule has 0 saturated carbocycles. The van der Waals surface area contributed by atoms with Crippen LogP contribution in [0.25, 0.3) is 0 Å². The molecule has 112 valence electrons. The molecule has 0 unspecified atom stereocenters. The SMILES string of the molecule is CCOc1ccc(N(C)CCC2(O)CCNCC2)cc1. The fourth-order valence-corrected chi connectivity index (χ4v) is 2.61. The minimum absolute atomic E-state index is 0.495. The number of rotatable bonds is 6. The van der Waals surface area contributed by atoms with E-state index in [1.165, 1.54) is 0 Å². The van der Waals surface area contributed by atoms with Crippen LogP contribution in [0.3, 0.4) is 0 Å². The second-order valence-electron chi connectivity index (χ2n) is 5.57. The van der Waals surface area contributed by atoms with Gasteiger partial charge in [0.05, 0.1) is 12.2 Å². The van der Waals surface area contributed by atoms with Gasteiger partial charge in [0.2, 0.25) is 0 Å². The Bertz CT molecular complexity index is 399. The number of hydrogen-bond donors (Lipinski definition) is 2. The van der Waals surface area contributed by atoms with Gasteiger partial charge in [-0.1, -0.05) is 0 Å². The van der Waals surface area contributed by atoms with Crippen LogP contribution < -0.4 is 15.0 Å². The number of anilines is 1. The Hall–Kier alpha value is -1.26. The van der Waals surface area contributed by atoms with Crippen LogP contribution in [-0.2, 0) is 0 Å².